The monoisotopic (exact) mass is 896 g/mol. The van der Waals surface area contributed by atoms with Crippen LogP contribution in [-0.2, 0) is 26.4 Å². The lowest BCUT2D eigenvalue weighted by atomic mass is 10.1. The van der Waals surface area contributed by atoms with Crippen LogP contribution in [0, 0.1) is 6.92 Å². The number of para-hydroxylation sites is 2. The number of aryl methyl sites for hydroxylation is 1. The van der Waals surface area contributed by atoms with Crippen LogP contribution in [0.15, 0.2) is 115 Å². The number of nitrogens with one attached hydrogen (secondary N) is 2. The zero-order chi connectivity index (χ0) is 43.0. The highest BCUT2D eigenvalue weighted by atomic mass is 35.5. The Bertz CT molecular complexity index is 2850. The molecule has 0 saturated heterocycles. The molecule has 0 aliphatic rings. The summed E-state index contributed by atoms with van der Waals surface area (Å²) in [6.45, 7) is 2.71. The number of carbonyl (C=O) groups is 2. The number of benzene rings is 6. The van der Waals surface area contributed by atoms with Crippen molar-refractivity contribution in [2.45, 2.75) is 33.4 Å². The smallest absolute Gasteiger partial charge is 0.248 e. The van der Waals surface area contributed by atoms with Crippen molar-refractivity contribution >= 4 is 80.3 Å². The minimum atomic E-state index is -0.574. The molecule has 2 amide bonds. The number of amides is 2. The molecule has 0 fully saturated rings. The first-order chi connectivity index (χ1) is 29.4. The van der Waals surface area contributed by atoms with E-state index >= 15 is 0 Å². The van der Waals surface area contributed by atoms with Gasteiger partial charge in [-0.25, -0.2) is 9.97 Å². The van der Waals surface area contributed by atoms with Gasteiger partial charge in [-0.1, -0.05) is 76.7 Å². The van der Waals surface area contributed by atoms with Crippen LogP contribution >= 0.6 is 46.4 Å². The molecule has 12 nitrogen and oxygen atoms in total. The molecule has 0 bridgehead atoms. The molecule has 0 atom stereocenters. The third kappa shape index (κ3) is 11.0. The summed E-state index contributed by atoms with van der Waals surface area (Å²) in [4.78, 5) is 38.6. The minimum Gasteiger partial charge on any atom is -0.485 e. The fourth-order valence-corrected chi connectivity index (χ4v) is 6.90. The molecular weight excluding hydrogens is 862 g/mol. The molecule has 310 valence electrons. The second-order valence-electron chi connectivity index (χ2n) is 13.6. The van der Waals surface area contributed by atoms with Gasteiger partial charge in [0.25, 0.3) is 0 Å². The average Bonchev–Trinajstić information content (AvgIpc) is 3.85. The van der Waals surface area contributed by atoms with Gasteiger partial charge in [-0.05, 0) is 97.4 Å². The van der Waals surface area contributed by atoms with Gasteiger partial charge in [0, 0.05) is 42.3 Å². The van der Waals surface area contributed by atoms with E-state index < -0.39 is 11.8 Å². The van der Waals surface area contributed by atoms with E-state index in [0.29, 0.717) is 65.9 Å². The minimum absolute atomic E-state index is 0.151. The van der Waals surface area contributed by atoms with Crippen LogP contribution in [0.25, 0.3) is 22.1 Å². The van der Waals surface area contributed by atoms with Gasteiger partial charge < -0.3 is 40.4 Å². The second kappa shape index (κ2) is 19.3. The largest absolute Gasteiger partial charge is 0.485 e. The van der Waals surface area contributed by atoms with E-state index in [9.17, 15) is 9.59 Å². The maximum atomic E-state index is 11.6. The zero-order valence-electron chi connectivity index (χ0n) is 32.3. The highest BCUT2D eigenvalue weighted by molar-refractivity contribution is 6.35. The quantitative estimate of drug-likeness (QED) is 0.0832. The van der Waals surface area contributed by atoms with Crippen molar-refractivity contribution < 1.29 is 28.5 Å². The van der Waals surface area contributed by atoms with Gasteiger partial charge in [-0.3, -0.25) is 9.59 Å². The Morgan fingerprint density at radius 3 is 1.57 bits per heavy atom. The molecule has 6 N–H and O–H groups in total. The van der Waals surface area contributed by atoms with Crippen molar-refractivity contribution in [3.63, 3.8) is 0 Å². The number of fused-ring (bicyclic) bond motifs is 2. The SMILES string of the molecule is Cc1ccc(COc2cc(C(N)=O)ccc2OCc2nc3ccccc3[nH]2)c(Cl)c1.NC(=O)c1ccc(OCc2nc3ccc(Cl)cc3[nH]2)c(OCc2ccc(Cl)cc2Cl)c1. The number of imidazole rings is 2. The molecule has 61 heavy (non-hydrogen) atoms. The van der Waals surface area contributed by atoms with E-state index in [1.54, 1.807) is 60.7 Å². The Balaban J connectivity index is 0.000000184. The molecule has 8 rings (SSSR count). The summed E-state index contributed by atoms with van der Waals surface area (Å²) in [5.74, 6) is 1.83. The van der Waals surface area contributed by atoms with Crippen LogP contribution in [0.1, 0.15) is 49.1 Å². The molecule has 0 unspecified atom stereocenters. The van der Waals surface area contributed by atoms with Gasteiger partial charge in [-0.2, -0.15) is 0 Å². The number of primary amides is 2. The topological polar surface area (TPSA) is 180 Å². The van der Waals surface area contributed by atoms with E-state index in [-0.39, 0.29) is 26.4 Å². The number of rotatable bonds is 14. The molecule has 2 aromatic heterocycles. The number of hydrogen-bond acceptors (Lipinski definition) is 8. The van der Waals surface area contributed by atoms with Gasteiger partial charge in [0.05, 0.1) is 22.1 Å². The van der Waals surface area contributed by atoms with E-state index in [1.165, 1.54) is 6.07 Å². The third-order valence-corrected chi connectivity index (χ3v) is 10.3. The predicted octanol–water partition coefficient (Wildman–Crippen LogP) is 10.6. The van der Waals surface area contributed by atoms with Crippen molar-refractivity contribution in [2.75, 3.05) is 0 Å². The number of aromatic amines is 2. The first-order valence-electron chi connectivity index (χ1n) is 18.5. The molecule has 8 aromatic rings. The van der Waals surface area contributed by atoms with Gasteiger partial charge >= 0.3 is 0 Å². The molecule has 0 spiro atoms. The van der Waals surface area contributed by atoms with E-state index in [4.69, 9.17) is 76.8 Å². The van der Waals surface area contributed by atoms with Gasteiger partial charge in [0.1, 0.15) is 38.1 Å². The number of halogens is 4. The Hall–Kier alpha value is -6.44. The molecule has 2 heterocycles. The van der Waals surface area contributed by atoms with Crippen LogP contribution in [0.5, 0.6) is 23.0 Å². The Kier molecular flexibility index (Phi) is 13.5. The molecule has 0 aliphatic carbocycles. The number of H-pyrrole nitrogens is 2. The van der Waals surface area contributed by atoms with Crippen molar-refractivity contribution in [2.24, 2.45) is 11.5 Å². The summed E-state index contributed by atoms with van der Waals surface area (Å²) in [6.07, 6.45) is 0. The summed E-state index contributed by atoms with van der Waals surface area (Å²) >= 11 is 24.5. The molecule has 0 saturated carbocycles. The maximum absolute atomic E-state index is 11.6. The number of carbonyl (C=O) groups excluding carboxylic acids is 2. The van der Waals surface area contributed by atoms with Crippen molar-refractivity contribution in [1.29, 1.82) is 0 Å². The van der Waals surface area contributed by atoms with E-state index in [0.717, 1.165) is 38.8 Å². The van der Waals surface area contributed by atoms with Crippen LogP contribution in [-0.4, -0.2) is 31.8 Å². The third-order valence-electron chi connectivity index (χ3n) is 9.11. The Morgan fingerprint density at radius 1 is 0.525 bits per heavy atom. The fourth-order valence-electron chi connectivity index (χ4n) is 5.98. The highest BCUT2D eigenvalue weighted by Crippen LogP contribution is 2.33. The van der Waals surface area contributed by atoms with Gasteiger partial charge in [0.2, 0.25) is 11.8 Å². The van der Waals surface area contributed by atoms with Crippen LogP contribution in [0.2, 0.25) is 20.1 Å². The first kappa shape index (κ1) is 42.7. The van der Waals surface area contributed by atoms with Crippen LogP contribution < -0.4 is 30.4 Å². The Labute approximate surface area is 369 Å². The summed E-state index contributed by atoms with van der Waals surface area (Å²) in [6, 6.07) is 33.5. The second-order valence-corrected chi connectivity index (χ2v) is 15.3. The Morgan fingerprint density at radius 2 is 1.02 bits per heavy atom. The number of ether oxygens (including phenoxy) is 4. The summed E-state index contributed by atoms with van der Waals surface area (Å²) < 4.78 is 23.6. The number of nitrogens with two attached hydrogens (primary N) is 2. The van der Waals surface area contributed by atoms with Crippen LogP contribution in [0.4, 0.5) is 0 Å². The fraction of sp³-hybridized carbons (Fsp3) is 0.111. The van der Waals surface area contributed by atoms with E-state index in [2.05, 4.69) is 19.9 Å². The predicted molar refractivity (Wildman–Crippen MR) is 237 cm³/mol. The molecule has 0 aliphatic heterocycles. The number of hydrogen-bond donors (Lipinski definition) is 4. The average molecular weight is 899 g/mol. The van der Waals surface area contributed by atoms with Crippen molar-refractivity contribution in [3.05, 3.63) is 175 Å². The van der Waals surface area contributed by atoms with Crippen molar-refractivity contribution in [3.8, 4) is 23.0 Å². The highest BCUT2D eigenvalue weighted by Gasteiger charge is 2.15. The van der Waals surface area contributed by atoms with Gasteiger partial charge in [0.15, 0.2) is 23.0 Å². The molecule has 16 heteroatoms. The molecular formula is C45H36Cl4N6O6. The lowest BCUT2D eigenvalue weighted by Crippen LogP contribution is -2.11. The standard InChI is InChI=1S/C23H20ClN3O3.C22H16Cl3N3O3/c1-14-6-7-16(17(24)10-14)12-29-21-11-15(23(25)28)8-9-20(21)30-13-22-26-18-4-2-3-5-19(18)27-22;23-14-3-1-13(16(25)8-14)10-30-20-7-12(22(26)29)2-6-19(20)31-11-21-27-17-5-4-15(24)9-18(17)28-21/h2-11H,12-13H2,1H3,(H2,25,28)(H,26,27);1-9H,10-11H2,(H2,26,29)(H,27,28). The summed E-state index contributed by atoms with van der Waals surface area (Å²) in [5, 5.41) is 2.23. The molecule has 6 aromatic carbocycles. The van der Waals surface area contributed by atoms with Gasteiger partial charge in [-0.15, -0.1) is 0 Å². The first-order valence-corrected chi connectivity index (χ1v) is 20.1. The van der Waals surface area contributed by atoms with E-state index in [1.807, 2.05) is 55.5 Å². The van der Waals surface area contributed by atoms with Crippen LogP contribution in [0.3, 0.4) is 0 Å². The maximum Gasteiger partial charge on any atom is 0.248 e. The number of nitrogens with zero attached hydrogens (tertiary/aromatic N) is 2. The van der Waals surface area contributed by atoms with Crippen molar-refractivity contribution in [1.82, 2.24) is 19.9 Å². The summed E-state index contributed by atoms with van der Waals surface area (Å²) in [7, 11) is 0. The summed E-state index contributed by atoms with van der Waals surface area (Å²) in [5.41, 5.74) is 17.5. The zero-order valence-corrected chi connectivity index (χ0v) is 35.3. The number of aromatic nitrogens is 4. The normalized spacial score (nSPS) is 10.9. The lowest BCUT2D eigenvalue weighted by molar-refractivity contribution is 0.0991. The molecule has 0 radical (unpaired) electrons. The lowest BCUT2D eigenvalue weighted by Gasteiger charge is -2.14.